The van der Waals surface area contributed by atoms with E-state index in [1.807, 2.05) is 41.6 Å². The van der Waals surface area contributed by atoms with E-state index in [-0.39, 0.29) is 17.7 Å². The minimum Gasteiger partial charge on any atom is -0.338 e. The molecule has 1 aromatic carbocycles. The normalized spacial score (nSPS) is 13.8. The highest BCUT2D eigenvalue weighted by Crippen LogP contribution is 2.24. The lowest BCUT2D eigenvalue weighted by Crippen LogP contribution is -2.38. The maximum atomic E-state index is 12.2. The van der Waals surface area contributed by atoms with Crippen molar-refractivity contribution in [3.63, 3.8) is 0 Å². The van der Waals surface area contributed by atoms with Crippen LogP contribution in [0.3, 0.4) is 0 Å². The maximum Gasteiger partial charge on any atom is 0.256 e. The molecule has 0 fully saturated rings. The van der Waals surface area contributed by atoms with Gasteiger partial charge in [0.15, 0.2) is 0 Å². The number of rotatable bonds is 3. The average molecular weight is 328 g/mol. The van der Waals surface area contributed by atoms with Crippen molar-refractivity contribution in [2.24, 2.45) is 5.92 Å². The number of benzene rings is 1. The predicted octanol–water partition coefficient (Wildman–Crippen LogP) is 3.54. The summed E-state index contributed by atoms with van der Waals surface area (Å²) >= 11 is 1.50. The van der Waals surface area contributed by atoms with Crippen LogP contribution in [0.2, 0.25) is 0 Å². The van der Waals surface area contributed by atoms with Crippen LogP contribution in [0.15, 0.2) is 35.0 Å². The average Bonchev–Trinajstić information content (AvgIpc) is 3.08. The molecule has 2 heterocycles. The van der Waals surface area contributed by atoms with Crippen molar-refractivity contribution < 1.29 is 9.59 Å². The number of carbonyl (C=O) groups is 2. The fourth-order valence-electron chi connectivity index (χ4n) is 2.79. The van der Waals surface area contributed by atoms with Gasteiger partial charge in [-0.05, 0) is 41.1 Å². The topological polar surface area (TPSA) is 49.4 Å². The summed E-state index contributed by atoms with van der Waals surface area (Å²) in [6.45, 7) is 5.24. The molecule has 1 aliphatic heterocycles. The van der Waals surface area contributed by atoms with Gasteiger partial charge >= 0.3 is 0 Å². The molecule has 0 saturated carbocycles. The van der Waals surface area contributed by atoms with Crippen molar-refractivity contribution >= 4 is 28.8 Å². The second-order valence-corrected chi connectivity index (χ2v) is 6.89. The summed E-state index contributed by atoms with van der Waals surface area (Å²) in [4.78, 5) is 26.2. The number of hydrogen-bond acceptors (Lipinski definition) is 3. The molecule has 5 heteroatoms. The Morgan fingerprint density at radius 3 is 2.74 bits per heavy atom. The van der Waals surface area contributed by atoms with Crippen LogP contribution in [-0.2, 0) is 17.8 Å². The van der Waals surface area contributed by atoms with Gasteiger partial charge in [-0.25, -0.2) is 0 Å². The lowest BCUT2D eigenvalue weighted by Gasteiger charge is -2.30. The van der Waals surface area contributed by atoms with Crippen LogP contribution < -0.4 is 5.32 Å². The third-order valence-electron chi connectivity index (χ3n) is 4.07. The minimum absolute atomic E-state index is 0.0121. The van der Waals surface area contributed by atoms with E-state index in [1.54, 1.807) is 6.07 Å². The van der Waals surface area contributed by atoms with Crippen LogP contribution in [0.5, 0.6) is 0 Å². The lowest BCUT2D eigenvalue weighted by molar-refractivity contribution is -0.135. The molecule has 1 aliphatic rings. The Hall–Kier alpha value is -2.14. The molecular formula is C18H20N2O2S. The van der Waals surface area contributed by atoms with Gasteiger partial charge in [0.2, 0.25) is 5.91 Å². The van der Waals surface area contributed by atoms with Gasteiger partial charge in [-0.1, -0.05) is 19.9 Å². The zero-order chi connectivity index (χ0) is 16.4. The first-order chi connectivity index (χ1) is 11.0. The van der Waals surface area contributed by atoms with Crippen LogP contribution in [0, 0.1) is 5.92 Å². The van der Waals surface area contributed by atoms with E-state index in [0.717, 1.165) is 24.2 Å². The van der Waals surface area contributed by atoms with Crippen LogP contribution in [0.25, 0.3) is 0 Å². The predicted molar refractivity (Wildman–Crippen MR) is 92.7 cm³/mol. The van der Waals surface area contributed by atoms with Crippen molar-refractivity contribution in [3.05, 3.63) is 51.7 Å². The largest absolute Gasteiger partial charge is 0.338 e. The lowest BCUT2D eigenvalue weighted by atomic mass is 9.98. The number of anilines is 1. The highest BCUT2D eigenvalue weighted by Gasteiger charge is 2.22. The molecule has 0 bridgehead atoms. The molecule has 2 aromatic rings. The summed E-state index contributed by atoms with van der Waals surface area (Å²) in [6.07, 6.45) is 0.868. The maximum absolute atomic E-state index is 12.2. The minimum atomic E-state index is -0.0999. The molecule has 120 valence electrons. The Kier molecular flexibility index (Phi) is 4.48. The molecule has 0 aliphatic carbocycles. The van der Waals surface area contributed by atoms with Gasteiger partial charge in [-0.2, -0.15) is 11.3 Å². The van der Waals surface area contributed by atoms with E-state index in [1.165, 1.54) is 16.9 Å². The smallest absolute Gasteiger partial charge is 0.256 e. The molecule has 0 unspecified atom stereocenters. The Labute approximate surface area is 140 Å². The molecule has 3 rings (SSSR count). The molecule has 0 radical (unpaired) electrons. The Morgan fingerprint density at radius 2 is 2.04 bits per heavy atom. The third-order valence-corrected chi connectivity index (χ3v) is 4.75. The number of carbonyl (C=O) groups excluding carboxylic acids is 2. The number of amides is 2. The van der Waals surface area contributed by atoms with Gasteiger partial charge in [0.25, 0.3) is 5.91 Å². The number of nitrogens with zero attached hydrogens (tertiary/aromatic N) is 1. The van der Waals surface area contributed by atoms with E-state index in [9.17, 15) is 9.59 Å². The molecule has 0 spiro atoms. The number of nitrogens with one attached hydrogen (secondary N) is 1. The van der Waals surface area contributed by atoms with Crippen molar-refractivity contribution in [3.8, 4) is 0 Å². The van der Waals surface area contributed by atoms with E-state index < -0.39 is 0 Å². The number of fused-ring (bicyclic) bond motifs is 1. The summed E-state index contributed by atoms with van der Waals surface area (Å²) in [7, 11) is 0. The van der Waals surface area contributed by atoms with Crippen LogP contribution in [0.1, 0.15) is 35.3 Å². The van der Waals surface area contributed by atoms with Crippen LogP contribution >= 0.6 is 11.3 Å². The highest BCUT2D eigenvalue weighted by molar-refractivity contribution is 7.08. The molecule has 2 amide bonds. The molecular weight excluding hydrogens is 308 g/mol. The van der Waals surface area contributed by atoms with E-state index in [0.29, 0.717) is 12.1 Å². The van der Waals surface area contributed by atoms with Crippen molar-refractivity contribution in [2.45, 2.75) is 26.8 Å². The Balaban J connectivity index is 1.75. The summed E-state index contributed by atoms with van der Waals surface area (Å²) < 4.78 is 0. The second kappa shape index (κ2) is 6.54. The number of thiophene rings is 1. The molecule has 0 atom stereocenters. The molecule has 0 saturated heterocycles. The quantitative estimate of drug-likeness (QED) is 0.937. The van der Waals surface area contributed by atoms with Crippen LogP contribution in [-0.4, -0.2) is 23.3 Å². The first-order valence-corrected chi connectivity index (χ1v) is 8.73. The molecule has 1 aromatic heterocycles. The summed E-state index contributed by atoms with van der Waals surface area (Å²) in [5.41, 5.74) is 3.82. The van der Waals surface area contributed by atoms with Gasteiger partial charge in [0.05, 0.1) is 5.56 Å². The van der Waals surface area contributed by atoms with Crippen molar-refractivity contribution in [1.82, 2.24) is 4.90 Å². The fourth-order valence-corrected chi connectivity index (χ4v) is 3.42. The van der Waals surface area contributed by atoms with Crippen LogP contribution in [0.4, 0.5) is 5.69 Å². The summed E-state index contributed by atoms with van der Waals surface area (Å²) in [5.74, 6) is 0.0958. The first-order valence-electron chi connectivity index (χ1n) is 7.78. The van der Waals surface area contributed by atoms with Gasteiger partial charge in [0, 0.05) is 30.1 Å². The van der Waals surface area contributed by atoms with E-state index in [4.69, 9.17) is 0 Å². The zero-order valence-electron chi connectivity index (χ0n) is 13.3. The first kappa shape index (κ1) is 15.7. The summed E-state index contributed by atoms with van der Waals surface area (Å²) in [5, 5.41) is 6.64. The fraction of sp³-hybridized carbons (Fsp3) is 0.333. The zero-order valence-corrected chi connectivity index (χ0v) is 14.2. The van der Waals surface area contributed by atoms with Crippen molar-refractivity contribution in [1.29, 1.82) is 0 Å². The standard InChI is InChI=1S/C18H20N2O2S/c1-12(2)18(22)20-7-5-13-3-4-16(9-15(13)10-20)19-17(21)14-6-8-23-11-14/h3-4,6,8-9,11-12H,5,7,10H2,1-2H3,(H,19,21). The second-order valence-electron chi connectivity index (χ2n) is 6.11. The highest BCUT2D eigenvalue weighted by atomic mass is 32.1. The van der Waals surface area contributed by atoms with E-state index >= 15 is 0 Å². The van der Waals surface area contributed by atoms with Crippen molar-refractivity contribution in [2.75, 3.05) is 11.9 Å². The summed E-state index contributed by atoms with van der Waals surface area (Å²) in [6, 6.07) is 7.78. The van der Waals surface area contributed by atoms with Gasteiger partial charge < -0.3 is 10.2 Å². The monoisotopic (exact) mass is 328 g/mol. The SMILES string of the molecule is CC(C)C(=O)N1CCc2ccc(NC(=O)c3ccsc3)cc2C1. The third kappa shape index (κ3) is 3.45. The van der Waals surface area contributed by atoms with Gasteiger partial charge in [-0.3, -0.25) is 9.59 Å². The Morgan fingerprint density at radius 1 is 1.22 bits per heavy atom. The Bertz CT molecular complexity index is 723. The molecule has 4 nitrogen and oxygen atoms in total. The van der Waals surface area contributed by atoms with Gasteiger partial charge in [0.1, 0.15) is 0 Å². The number of hydrogen-bond donors (Lipinski definition) is 1. The molecule has 1 N–H and O–H groups in total. The van der Waals surface area contributed by atoms with E-state index in [2.05, 4.69) is 11.4 Å². The van der Waals surface area contributed by atoms with Gasteiger partial charge in [-0.15, -0.1) is 0 Å². The molecule has 23 heavy (non-hydrogen) atoms.